The van der Waals surface area contributed by atoms with E-state index in [9.17, 15) is 4.79 Å². The molecule has 1 aliphatic rings. The zero-order valence-corrected chi connectivity index (χ0v) is 12.2. The summed E-state index contributed by atoms with van der Waals surface area (Å²) in [5, 5.41) is 12.4. The van der Waals surface area contributed by atoms with Crippen molar-refractivity contribution in [2.75, 3.05) is 13.2 Å². The highest BCUT2D eigenvalue weighted by atomic mass is 16.5. The molecule has 1 saturated carbocycles. The molecular formula is C16H23NO3. The quantitative estimate of drug-likeness (QED) is 0.785. The molecule has 1 fully saturated rings. The minimum Gasteiger partial charge on any atom is -0.492 e. The molecule has 20 heavy (non-hydrogen) atoms. The van der Waals surface area contributed by atoms with Gasteiger partial charge in [-0.05, 0) is 42.5 Å². The highest BCUT2D eigenvalue weighted by Gasteiger charge is 2.33. The summed E-state index contributed by atoms with van der Waals surface area (Å²) in [5.41, 5.74) is 0.659. The van der Waals surface area contributed by atoms with Crippen molar-refractivity contribution in [2.45, 2.75) is 39.2 Å². The first-order chi connectivity index (χ1) is 9.49. The van der Waals surface area contributed by atoms with Crippen LogP contribution in [0.1, 0.15) is 43.5 Å². The number of hydrogen-bond acceptors (Lipinski definition) is 3. The van der Waals surface area contributed by atoms with Crippen LogP contribution in [0.3, 0.4) is 0 Å². The average Bonchev–Trinajstić information content (AvgIpc) is 2.74. The summed E-state index contributed by atoms with van der Waals surface area (Å²) >= 11 is 0. The predicted octanol–water partition coefficient (Wildman–Crippen LogP) is 2.93. The third-order valence-electron chi connectivity index (χ3n) is 4.12. The Labute approximate surface area is 120 Å². The maximum atomic E-state index is 10.7. The fourth-order valence-corrected chi connectivity index (χ4v) is 2.80. The van der Waals surface area contributed by atoms with Crippen molar-refractivity contribution >= 4 is 5.97 Å². The molecule has 1 aromatic rings. The van der Waals surface area contributed by atoms with Gasteiger partial charge in [0.2, 0.25) is 0 Å². The number of carboxylic acid groups (broad SMARTS) is 1. The highest BCUT2D eigenvalue weighted by molar-refractivity contribution is 5.87. The Balaban J connectivity index is 1.72. The standard InChI is InChI=1S/C16H23NO3/c1-16(2)9-3-4-14(16)17-10-11-20-13-7-5-12(6-8-13)15(18)19/h5-8,14,17H,3-4,9-11H2,1-2H3,(H,18,19). The second-order valence-corrected chi connectivity index (χ2v) is 6.07. The van der Waals surface area contributed by atoms with Gasteiger partial charge in [0.25, 0.3) is 0 Å². The van der Waals surface area contributed by atoms with E-state index in [1.807, 2.05) is 0 Å². The number of aromatic carboxylic acids is 1. The van der Waals surface area contributed by atoms with E-state index >= 15 is 0 Å². The number of carbonyl (C=O) groups is 1. The van der Waals surface area contributed by atoms with Crippen molar-refractivity contribution in [3.63, 3.8) is 0 Å². The Bertz CT molecular complexity index is 453. The lowest BCUT2D eigenvalue weighted by molar-refractivity contribution is 0.0697. The maximum absolute atomic E-state index is 10.7. The molecule has 1 aromatic carbocycles. The van der Waals surface area contributed by atoms with Gasteiger partial charge in [-0.3, -0.25) is 0 Å². The van der Waals surface area contributed by atoms with Crippen molar-refractivity contribution < 1.29 is 14.6 Å². The van der Waals surface area contributed by atoms with Gasteiger partial charge in [-0.2, -0.15) is 0 Å². The topological polar surface area (TPSA) is 58.6 Å². The third-order valence-corrected chi connectivity index (χ3v) is 4.12. The van der Waals surface area contributed by atoms with Crippen LogP contribution in [0.4, 0.5) is 0 Å². The fraction of sp³-hybridized carbons (Fsp3) is 0.562. The van der Waals surface area contributed by atoms with Crippen LogP contribution in [-0.4, -0.2) is 30.3 Å². The third kappa shape index (κ3) is 3.73. The summed E-state index contributed by atoms with van der Waals surface area (Å²) in [5.74, 6) is -0.204. The van der Waals surface area contributed by atoms with Gasteiger partial charge in [-0.25, -0.2) is 4.79 Å². The first-order valence-corrected chi connectivity index (χ1v) is 7.18. The van der Waals surface area contributed by atoms with Crippen LogP contribution >= 0.6 is 0 Å². The SMILES string of the molecule is CC1(C)CCCC1NCCOc1ccc(C(=O)O)cc1. The van der Waals surface area contributed by atoms with Crippen molar-refractivity contribution in [3.8, 4) is 5.75 Å². The number of ether oxygens (including phenoxy) is 1. The molecule has 0 aromatic heterocycles. The second kappa shape index (κ2) is 6.27. The number of benzene rings is 1. The molecule has 0 saturated heterocycles. The smallest absolute Gasteiger partial charge is 0.335 e. The van der Waals surface area contributed by atoms with Crippen LogP contribution in [0, 0.1) is 5.41 Å². The molecule has 4 nitrogen and oxygen atoms in total. The highest BCUT2D eigenvalue weighted by Crippen LogP contribution is 2.36. The monoisotopic (exact) mass is 277 g/mol. The molecule has 2 rings (SSSR count). The van der Waals surface area contributed by atoms with Gasteiger partial charge < -0.3 is 15.2 Å². The number of hydrogen-bond donors (Lipinski definition) is 2. The summed E-state index contributed by atoms with van der Waals surface area (Å²) in [4.78, 5) is 10.7. The molecule has 110 valence electrons. The summed E-state index contributed by atoms with van der Waals surface area (Å²) < 4.78 is 5.61. The normalized spacial score (nSPS) is 20.8. The van der Waals surface area contributed by atoms with Crippen LogP contribution in [0.2, 0.25) is 0 Å². The van der Waals surface area contributed by atoms with Gasteiger partial charge in [0.15, 0.2) is 0 Å². The molecule has 0 aliphatic heterocycles. The first kappa shape index (κ1) is 14.9. The predicted molar refractivity (Wildman–Crippen MR) is 78.3 cm³/mol. The Morgan fingerprint density at radius 2 is 2.10 bits per heavy atom. The lowest BCUT2D eigenvalue weighted by Crippen LogP contribution is -2.39. The summed E-state index contributed by atoms with van der Waals surface area (Å²) in [6.45, 7) is 6.03. The zero-order valence-electron chi connectivity index (χ0n) is 12.2. The van der Waals surface area contributed by atoms with Crippen molar-refractivity contribution in [2.24, 2.45) is 5.41 Å². The zero-order chi connectivity index (χ0) is 14.6. The molecule has 1 aliphatic carbocycles. The van der Waals surface area contributed by atoms with Crippen LogP contribution in [-0.2, 0) is 0 Å². The van der Waals surface area contributed by atoms with Gasteiger partial charge >= 0.3 is 5.97 Å². The van der Waals surface area contributed by atoms with Gasteiger partial charge in [-0.15, -0.1) is 0 Å². The average molecular weight is 277 g/mol. The fourth-order valence-electron chi connectivity index (χ4n) is 2.80. The molecule has 0 bridgehead atoms. The van der Waals surface area contributed by atoms with E-state index in [1.165, 1.54) is 19.3 Å². The molecule has 0 heterocycles. The Morgan fingerprint density at radius 1 is 1.40 bits per heavy atom. The van der Waals surface area contributed by atoms with Gasteiger partial charge in [-0.1, -0.05) is 20.3 Å². The van der Waals surface area contributed by atoms with E-state index in [0.717, 1.165) is 6.54 Å². The van der Waals surface area contributed by atoms with E-state index in [1.54, 1.807) is 24.3 Å². The number of rotatable bonds is 6. The van der Waals surface area contributed by atoms with E-state index in [0.29, 0.717) is 23.8 Å². The van der Waals surface area contributed by atoms with E-state index in [-0.39, 0.29) is 5.56 Å². The number of carboxylic acids is 1. The molecule has 4 heteroatoms. The molecule has 0 radical (unpaired) electrons. The molecule has 0 spiro atoms. The Kier molecular flexibility index (Phi) is 4.65. The van der Waals surface area contributed by atoms with Crippen molar-refractivity contribution in [3.05, 3.63) is 29.8 Å². The summed E-state index contributed by atoms with van der Waals surface area (Å²) in [6.07, 6.45) is 3.81. The van der Waals surface area contributed by atoms with Crippen LogP contribution in [0.25, 0.3) is 0 Å². The number of nitrogens with one attached hydrogen (secondary N) is 1. The molecule has 1 unspecified atom stereocenters. The van der Waals surface area contributed by atoms with Crippen molar-refractivity contribution in [1.29, 1.82) is 0 Å². The molecule has 0 amide bonds. The Morgan fingerprint density at radius 3 is 2.65 bits per heavy atom. The van der Waals surface area contributed by atoms with E-state index in [2.05, 4.69) is 19.2 Å². The molecule has 1 atom stereocenters. The largest absolute Gasteiger partial charge is 0.492 e. The van der Waals surface area contributed by atoms with Gasteiger partial charge in [0, 0.05) is 12.6 Å². The summed E-state index contributed by atoms with van der Waals surface area (Å²) in [7, 11) is 0. The minimum atomic E-state index is -0.915. The lowest BCUT2D eigenvalue weighted by Gasteiger charge is -2.27. The van der Waals surface area contributed by atoms with Gasteiger partial charge in [0.1, 0.15) is 12.4 Å². The first-order valence-electron chi connectivity index (χ1n) is 7.18. The van der Waals surface area contributed by atoms with E-state index < -0.39 is 5.97 Å². The van der Waals surface area contributed by atoms with Gasteiger partial charge in [0.05, 0.1) is 5.56 Å². The van der Waals surface area contributed by atoms with Crippen LogP contribution < -0.4 is 10.1 Å². The summed E-state index contributed by atoms with van der Waals surface area (Å²) in [6, 6.07) is 7.09. The molecule has 2 N–H and O–H groups in total. The Hall–Kier alpha value is -1.55. The minimum absolute atomic E-state index is 0.281. The van der Waals surface area contributed by atoms with Crippen LogP contribution in [0.5, 0.6) is 5.75 Å². The molecular weight excluding hydrogens is 254 g/mol. The van der Waals surface area contributed by atoms with Crippen molar-refractivity contribution in [1.82, 2.24) is 5.32 Å². The van der Waals surface area contributed by atoms with Crippen LogP contribution in [0.15, 0.2) is 24.3 Å². The van der Waals surface area contributed by atoms with E-state index in [4.69, 9.17) is 9.84 Å². The maximum Gasteiger partial charge on any atom is 0.335 e. The lowest BCUT2D eigenvalue weighted by atomic mass is 9.87. The second-order valence-electron chi connectivity index (χ2n) is 6.07.